The van der Waals surface area contributed by atoms with E-state index in [0.29, 0.717) is 6.61 Å². The lowest BCUT2D eigenvalue weighted by atomic mass is 10.0. The maximum atomic E-state index is 8.53. The average Bonchev–Trinajstić information content (AvgIpc) is 2.50. The second-order valence-corrected chi connectivity index (χ2v) is 5.85. The molecule has 0 aromatic rings. The van der Waals surface area contributed by atoms with Gasteiger partial charge in [-0.2, -0.15) is 0 Å². The number of aliphatic hydroxyl groups is 1. The van der Waals surface area contributed by atoms with Crippen LogP contribution >= 0.6 is 0 Å². The fourth-order valence-electron chi connectivity index (χ4n) is 2.42. The normalized spacial score (nSPS) is 11.3. The van der Waals surface area contributed by atoms with Crippen LogP contribution in [0.4, 0.5) is 0 Å². The molecule has 0 saturated heterocycles. The summed E-state index contributed by atoms with van der Waals surface area (Å²) in [6, 6.07) is 0. The van der Waals surface area contributed by atoms with Gasteiger partial charge in [0, 0.05) is 13.0 Å². The van der Waals surface area contributed by atoms with Gasteiger partial charge in [0.2, 0.25) is 0 Å². The molecule has 0 bridgehead atoms. The van der Waals surface area contributed by atoms with Crippen molar-refractivity contribution < 1.29 is 9.84 Å². The molecule has 0 fully saturated rings. The minimum absolute atomic E-state index is 0.0899. The van der Waals surface area contributed by atoms with E-state index in [0.717, 1.165) is 6.42 Å². The van der Waals surface area contributed by atoms with E-state index in [1.807, 2.05) is 0 Å². The molecule has 2 nitrogen and oxygen atoms in total. The van der Waals surface area contributed by atoms with Crippen LogP contribution in [0.3, 0.4) is 0 Å². The molecule has 0 unspecified atom stereocenters. The van der Waals surface area contributed by atoms with Gasteiger partial charge in [-0.05, 0) is 18.9 Å². The Morgan fingerprint density at radius 3 is 1.81 bits per heavy atom. The SMILES string of the molecule is CCCCCCCCCCCCCC/C=C\OC[CH]CO. The lowest BCUT2D eigenvalue weighted by Gasteiger charge is -2.02. The molecule has 21 heavy (non-hydrogen) atoms. The van der Waals surface area contributed by atoms with Crippen molar-refractivity contribution in [3.8, 4) is 0 Å². The van der Waals surface area contributed by atoms with Crippen LogP contribution in [0.25, 0.3) is 0 Å². The van der Waals surface area contributed by atoms with Crippen LogP contribution in [0.5, 0.6) is 0 Å². The minimum Gasteiger partial charge on any atom is -0.501 e. The third kappa shape index (κ3) is 19.5. The molecule has 0 rings (SSSR count). The first-order valence-electron chi connectivity index (χ1n) is 9.11. The number of ether oxygens (including phenoxy) is 1. The lowest BCUT2D eigenvalue weighted by molar-refractivity contribution is 0.244. The Morgan fingerprint density at radius 1 is 0.762 bits per heavy atom. The molecule has 0 amide bonds. The Labute approximate surface area is 133 Å². The standard InChI is InChI=1S/C19H37O2/c1-2-3-4-5-6-7-8-9-10-11-12-13-14-15-18-21-19-16-17-20/h15-16,18,20H,2-14,17,19H2,1H3/b18-15-. The average molecular weight is 298 g/mol. The summed E-state index contributed by atoms with van der Waals surface area (Å²) in [5.74, 6) is 0. The zero-order valence-electron chi connectivity index (χ0n) is 14.2. The number of rotatable bonds is 17. The van der Waals surface area contributed by atoms with E-state index in [-0.39, 0.29) is 6.61 Å². The second kappa shape index (κ2) is 19.5. The molecule has 0 aliphatic rings. The van der Waals surface area contributed by atoms with Crippen molar-refractivity contribution in [2.75, 3.05) is 13.2 Å². The van der Waals surface area contributed by atoms with Crippen molar-refractivity contribution in [2.45, 2.75) is 90.4 Å². The van der Waals surface area contributed by atoms with Gasteiger partial charge in [0.05, 0.1) is 12.9 Å². The van der Waals surface area contributed by atoms with Crippen LogP contribution < -0.4 is 0 Å². The van der Waals surface area contributed by atoms with E-state index in [1.54, 1.807) is 12.7 Å². The van der Waals surface area contributed by atoms with E-state index < -0.39 is 0 Å². The summed E-state index contributed by atoms with van der Waals surface area (Å²) in [7, 11) is 0. The molecule has 0 aliphatic carbocycles. The highest BCUT2D eigenvalue weighted by Gasteiger charge is 1.93. The van der Waals surface area contributed by atoms with Crippen molar-refractivity contribution in [1.29, 1.82) is 0 Å². The van der Waals surface area contributed by atoms with Gasteiger partial charge in [0.25, 0.3) is 0 Å². The molecule has 0 saturated carbocycles. The molecule has 1 N–H and O–H groups in total. The molecule has 0 heterocycles. The molecular weight excluding hydrogens is 260 g/mol. The molecule has 0 atom stereocenters. The first-order valence-corrected chi connectivity index (χ1v) is 9.11. The van der Waals surface area contributed by atoms with Gasteiger partial charge in [0.1, 0.15) is 0 Å². The van der Waals surface area contributed by atoms with E-state index in [1.165, 1.54) is 77.0 Å². The number of unbranched alkanes of at least 4 members (excludes halogenated alkanes) is 12. The van der Waals surface area contributed by atoms with Crippen molar-refractivity contribution >= 4 is 0 Å². The summed E-state index contributed by atoms with van der Waals surface area (Å²) in [6.45, 7) is 2.87. The summed E-state index contributed by atoms with van der Waals surface area (Å²) in [5.41, 5.74) is 0. The zero-order valence-corrected chi connectivity index (χ0v) is 14.2. The van der Waals surface area contributed by atoms with E-state index in [9.17, 15) is 0 Å². The third-order valence-electron chi connectivity index (χ3n) is 3.76. The van der Waals surface area contributed by atoms with E-state index >= 15 is 0 Å². The Hall–Kier alpha value is -0.500. The van der Waals surface area contributed by atoms with Crippen LogP contribution in [-0.2, 0) is 4.74 Å². The number of aliphatic hydroxyl groups excluding tert-OH is 1. The first kappa shape index (κ1) is 20.5. The minimum atomic E-state index is 0.0899. The largest absolute Gasteiger partial charge is 0.501 e. The quantitative estimate of drug-likeness (QED) is 0.271. The highest BCUT2D eigenvalue weighted by atomic mass is 16.5. The fourth-order valence-corrected chi connectivity index (χ4v) is 2.42. The van der Waals surface area contributed by atoms with E-state index in [4.69, 9.17) is 9.84 Å². The van der Waals surface area contributed by atoms with Crippen molar-refractivity contribution in [2.24, 2.45) is 0 Å². The maximum absolute atomic E-state index is 8.53. The predicted molar refractivity (Wildman–Crippen MR) is 92.2 cm³/mol. The van der Waals surface area contributed by atoms with Gasteiger partial charge in [0.15, 0.2) is 0 Å². The first-order chi connectivity index (χ1) is 10.4. The molecule has 2 heteroatoms. The lowest BCUT2D eigenvalue weighted by Crippen LogP contribution is -1.92. The zero-order chi connectivity index (χ0) is 15.4. The summed E-state index contributed by atoms with van der Waals surface area (Å²) in [6.07, 6.45) is 23.4. The molecule has 0 spiro atoms. The van der Waals surface area contributed by atoms with Crippen molar-refractivity contribution in [1.82, 2.24) is 0 Å². The smallest absolute Gasteiger partial charge is 0.0928 e. The Kier molecular flexibility index (Phi) is 19.0. The second-order valence-electron chi connectivity index (χ2n) is 5.85. The van der Waals surface area contributed by atoms with Crippen molar-refractivity contribution in [3.05, 3.63) is 18.8 Å². The Morgan fingerprint density at radius 2 is 1.29 bits per heavy atom. The monoisotopic (exact) mass is 297 g/mol. The summed E-state index contributed by atoms with van der Waals surface area (Å²) in [4.78, 5) is 0. The molecule has 0 aromatic carbocycles. The highest BCUT2D eigenvalue weighted by molar-refractivity contribution is 4.74. The topological polar surface area (TPSA) is 29.5 Å². The van der Waals surface area contributed by atoms with Gasteiger partial charge < -0.3 is 9.84 Å². The van der Waals surface area contributed by atoms with Gasteiger partial charge in [-0.25, -0.2) is 0 Å². The summed E-state index contributed by atoms with van der Waals surface area (Å²) >= 11 is 0. The molecular formula is C19H37O2. The van der Waals surface area contributed by atoms with Crippen LogP contribution in [0.2, 0.25) is 0 Å². The van der Waals surface area contributed by atoms with Gasteiger partial charge in [-0.1, -0.05) is 77.6 Å². The molecule has 0 aromatic heterocycles. The number of hydrogen-bond acceptors (Lipinski definition) is 2. The molecule has 1 radical (unpaired) electrons. The number of hydrogen-bond donors (Lipinski definition) is 1. The summed E-state index contributed by atoms with van der Waals surface area (Å²) in [5, 5.41) is 8.53. The van der Waals surface area contributed by atoms with E-state index in [2.05, 4.69) is 13.0 Å². The van der Waals surface area contributed by atoms with Gasteiger partial charge in [-0.15, -0.1) is 0 Å². The molecule has 125 valence electrons. The fraction of sp³-hybridized carbons (Fsp3) is 0.842. The van der Waals surface area contributed by atoms with Crippen LogP contribution in [0.15, 0.2) is 12.3 Å². The van der Waals surface area contributed by atoms with Gasteiger partial charge in [-0.3, -0.25) is 0 Å². The van der Waals surface area contributed by atoms with Crippen LogP contribution in [0, 0.1) is 6.42 Å². The van der Waals surface area contributed by atoms with Gasteiger partial charge >= 0.3 is 0 Å². The molecule has 0 aliphatic heterocycles. The highest BCUT2D eigenvalue weighted by Crippen LogP contribution is 2.12. The summed E-state index contributed by atoms with van der Waals surface area (Å²) < 4.78 is 5.18. The Balaban J connectivity index is 2.99. The predicted octanol–water partition coefficient (Wildman–Crippen LogP) is 5.80. The third-order valence-corrected chi connectivity index (χ3v) is 3.76. The Bertz CT molecular complexity index is 202. The van der Waals surface area contributed by atoms with Crippen molar-refractivity contribution in [3.63, 3.8) is 0 Å². The van der Waals surface area contributed by atoms with Crippen LogP contribution in [0.1, 0.15) is 90.4 Å². The van der Waals surface area contributed by atoms with Crippen LogP contribution in [-0.4, -0.2) is 18.3 Å². The maximum Gasteiger partial charge on any atom is 0.0928 e. The number of allylic oxidation sites excluding steroid dienone is 1.